The Balaban J connectivity index is 0.864. The molecule has 6 heteroatoms. The van der Waals surface area contributed by atoms with Gasteiger partial charge < -0.3 is 27.5 Å². The lowest BCUT2D eigenvalue weighted by molar-refractivity contribution is 0.572. The lowest BCUT2D eigenvalue weighted by atomic mass is 9.86. The van der Waals surface area contributed by atoms with Crippen molar-refractivity contribution in [2.45, 2.75) is 80.1 Å². The minimum absolute atomic E-state index is 0.0902. The second-order valence-corrected chi connectivity index (χ2v) is 24.3. The van der Waals surface area contributed by atoms with Crippen molar-refractivity contribution in [3.63, 3.8) is 0 Å². The summed E-state index contributed by atoms with van der Waals surface area (Å²) in [5.41, 5.74) is 19.9. The largest absolute Gasteiger partial charge is 0.454 e. The molecular weight excluding hydrogens is 981 g/mol. The molecule has 0 radical (unpaired) electrons. The summed E-state index contributed by atoms with van der Waals surface area (Å²) in [6, 6.07) is 66.0. The highest BCUT2D eigenvalue weighted by Crippen LogP contribution is 2.50. The Bertz CT molecular complexity index is 4740. The maximum Gasteiger partial charge on any atom is 0.178 e. The smallest absolute Gasteiger partial charge is 0.178 e. The van der Waals surface area contributed by atoms with E-state index in [0.29, 0.717) is 0 Å². The van der Waals surface area contributed by atoms with Gasteiger partial charge in [-0.25, -0.2) is 0 Å². The lowest BCUT2D eigenvalue weighted by Gasteiger charge is -2.29. The van der Waals surface area contributed by atoms with Crippen molar-refractivity contribution >= 4 is 143 Å². The van der Waals surface area contributed by atoms with Crippen LogP contribution in [0.25, 0.3) is 109 Å². The maximum atomic E-state index is 7.02. The van der Waals surface area contributed by atoms with Crippen molar-refractivity contribution in [3.05, 3.63) is 215 Å². The summed E-state index contributed by atoms with van der Waals surface area (Å²) in [5, 5.41) is 13.0. The van der Waals surface area contributed by atoms with E-state index in [1.807, 2.05) is 0 Å². The first-order valence-electron chi connectivity index (χ1n) is 27.9. The molecule has 15 aromatic rings. The molecule has 0 aliphatic rings. The number of fused-ring (bicyclic) bond motifs is 15. The van der Waals surface area contributed by atoms with E-state index in [4.69, 9.17) is 17.7 Å². The van der Waals surface area contributed by atoms with Gasteiger partial charge >= 0.3 is 0 Å². The first-order valence-corrected chi connectivity index (χ1v) is 27.9. The molecule has 0 aliphatic carbocycles. The molecule has 11 aromatic carbocycles. The molecule has 80 heavy (non-hydrogen) atoms. The van der Waals surface area contributed by atoms with Crippen LogP contribution in [-0.2, 0) is 10.8 Å². The molecule has 390 valence electrons. The van der Waals surface area contributed by atoms with Crippen LogP contribution in [0.2, 0.25) is 0 Å². The minimum atomic E-state index is -0.0902. The first kappa shape index (κ1) is 47.9. The quantitative estimate of drug-likeness (QED) is 0.165. The summed E-state index contributed by atoms with van der Waals surface area (Å²) in [6.07, 6.45) is 0. The van der Waals surface area contributed by atoms with E-state index in [9.17, 15) is 0 Å². The van der Waals surface area contributed by atoms with E-state index in [1.165, 1.54) is 33.4 Å². The number of hydrogen-bond acceptors (Lipinski definition) is 6. The van der Waals surface area contributed by atoms with E-state index in [1.54, 1.807) is 0 Å². The monoisotopic (exact) mass is 1040 g/mol. The number of para-hydroxylation sites is 6. The molecule has 15 rings (SSSR count). The second-order valence-electron chi connectivity index (χ2n) is 24.3. The fourth-order valence-electron chi connectivity index (χ4n) is 13.0. The summed E-state index contributed by atoms with van der Waals surface area (Å²) in [7, 11) is 0. The Morgan fingerprint density at radius 1 is 0.287 bits per heavy atom. The summed E-state index contributed by atoms with van der Waals surface area (Å²) in [5.74, 6) is 0. The Kier molecular flexibility index (Phi) is 10.3. The van der Waals surface area contributed by atoms with Crippen molar-refractivity contribution in [3.8, 4) is 0 Å². The average Bonchev–Trinajstić information content (AvgIpc) is 4.36. The summed E-state index contributed by atoms with van der Waals surface area (Å²) in [4.78, 5) is 4.76. The van der Waals surface area contributed by atoms with Gasteiger partial charge in [0.25, 0.3) is 0 Å². The van der Waals surface area contributed by atoms with Gasteiger partial charge in [-0.1, -0.05) is 151 Å². The normalized spacial score (nSPS) is 12.6. The number of benzene rings is 11. The van der Waals surface area contributed by atoms with Gasteiger partial charge in [-0.3, -0.25) is 0 Å². The third-order valence-electron chi connectivity index (χ3n) is 16.9. The van der Waals surface area contributed by atoms with Crippen LogP contribution in [0.15, 0.2) is 200 Å². The Hall–Kier alpha value is -9.26. The van der Waals surface area contributed by atoms with Crippen LogP contribution in [0.5, 0.6) is 0 Å². The second kappa shape index (κ2) is 17.1. The molecule has 0 saturated heterocycles. The van der Waals surface area contributed by atoms with Crippen LogP contribution in [-0.4, -0.2) is 0 Å². The Morgan fingerprint density at radius 3 is 1.02 bits per heavy atom. The third kappa shape index (κ3) is 7.17. The Morgan fingerprint density at radius 2 is 0.637 bits per heavy atom. The van der Waals surface area contributed by atoms with Crippen molar-refractivity contribution in [1.82, 2.24) is 0 Å². The van der Waals surface area contributed by atoms with Crippen LogP contribution in [0, 0.1) is 27.7 Å². The Labute approximate surface area is 464 Å². The van der Waals surface area contributed by atoms with Gasteiger partial charge in [0.05, 0.1) is 22.7 Å². The molecule has 0 atom stereocenters. The topological polar surface area (TPSA) is 59.0 Å². The average molecular weight is 1040 g/mol. The summed E-state index contributed by atoms with van der Waals surface area (Å²) < 4.78 is 27.9. The number of aryl methyl sites for hydroxylation is 4. The highest BCUT2D eigenvalue weighted by atomic mass is 16.4. The molecule has 0 saturated carbocycles. The van der Waals surface area contributed by atoms with Gasteiger partial charge in [0.2, 0.25) is 0 Å². The minimum Gasteiger partial charge on any atom is -0.454 e. The predicted molar refractivity (Wildman–Crippen MR) is 336 cm³/mol. The molecule has 0 aliphatic heterocycles. The van der Waals surface area contributed by atoms with Crippen molar-refractivity contribution in [1.29, 1.82) is 0 Å². The number of rotatable bonds is 6. The SMILES string of the molecule is Cc1cccc(C)c1N(c1ccc2cc3c(cc2c1)oc1c3ccc2c3cc4ccc(N(c5c(C)cccc5C)c5cccc6c5oc5c(C(C)(C)C)cccc56)cc4cc3oc21)c1cccc2c1oc1c(C(C)(C)C)cccc12. The van der Waals surface area contributed by atoms with Crippen LogP contribution >= 0.6 is 0 Å². The summed E-state index contributed by atoms with van der Waals surface area (Å²) in [6.45, 7) is 22.3. The number of nitrogens with zero attached hydrogens (tertiary/aromatic N) is 2. The highest BCUT2D eigenvalue weighted by molar-refractivity contribution is 6.22. The predicted octanol–water partition coefficient (Wildman–Crippen LogP) is 22.4. The van der Waals surface area contributed by atoms with Gasteiger partial charge in [0, 0.05) is 65.6 Å². The maximum absolute atomic E-state index is 7.02. The fraction of sp³-hybridized carbons (Fsp3) is 0.162. The number of hydrogen-bond donors (Lipinski definition) is 0. The molecule has 0 bridgehead atoms. The van der Waals surface area contributed by atoms with Gasteiger partial charge in [-0.15, -0.1) is 0 Å². The molecule has 0 unspecified atom stereocenters. The van der Waals surface area contributed by atoms with Crippen LogP contribution in [0.4, 0.5) is 34.1 Å². The zero-order valence-electron chi connectivity index (χ0n) is 46.8. The number of furan rings is 4. The molecule has 0 amide bonds. The fourth-order valence-corrected chi connectivity index (χ4v) is 13.0. The molecule has 4 aromatic heterocycles. The van der Waals surface area contributed by atoms with Crippen molar-refractivity contribution in [2.24, 2.45) is 0 Å². The van der Waals surface area contributed by atoms with E-state index in [2.05, 4.69) is 261 Å². The molecular formula is C74H60N2O4. The zero-order chi connectivity index (χ0) is 54.7. The first-order chi connectivity index (χ1) is 38.6. The van der Waals surface area contributed by atoms with Gasteiger partial charge in [0.15, 0.2) is 22.3 Å². The van der Waals surface area contributed by atoms with Crippen LogP contribution in [0.3, 0.4) is 0 Å². The molecule has 4 heterocycles. The standard InChI is InChI=1S/C74H60N2O4/c1-41-17-11-18-42(2)65(41)75(61-27-15-23-53-51-21-13-25-59(73(5,6)7)67(51)79-69(53)61)49-31-29-45-37-57-55-33-34-56-58-38-46-30-32-50(36-48(46)40-64(58)78-72(56)71(55)77-63(57)39-47(45)35-49)76(66-43(3)19-12-20-44(66)4)62-28-16-24-54-52-22-14-26-60(74(8,9)10)68(52)80-70(54)62/h11-40H,1-10H3. The molecule has 0 N–H and O–H groups in total. The van der Waals surface area contributed by atoms with Gasteiger partial charge in [-0.2, -0.15) is 0 Å². The van der Waals surface area contributed by atoms with Crippen molar-refractivity contribution in [2.75, 3.05) is 9.80 Å². The third-order valence-corrected chi connectivity index (χ3v) is 16.9. The van der Waals surface area contributed by atoms with Gasteiger partial charge in [0.1, 0.15) is 22.3 Å². The zero-order valence-corrected chi connectivity index (χ0v) is 46.8. The van der Waals surface area contributed by atoms with E-state index in [0.717, 1.165) is 143 Å². The lowest BCUT2D eigenvalue weighted by Crippen LogP contribution is -2.13. The van der Waals surface area contributed by atoms with Gasteiger partial charge in [-0.05, 0) is 155 Å². The number of anilines is 6. The molecule has 0 spiro atoms. The van der Waals surface area contributed by atoms with E-state index in [-0.39, 0.29) is 10.8 Å². The van der Waals surface area contributed by atoms with Crippen LogP contribution in [0.1, 0.15) is 74.9 Å². The summed E-state index contributed by atoms with van der Waals surface area (Å²) >= 11 is 0. The van der Waals surface area contributed by atoms with Crippen molar-refractivity contribution < 1.29 is 17.7 Å². The van der Waals surface area contributed by atoms with Crippen LogP contribution < -0.4 is 9.80 Å². The molecule has 0 fully saturated rings. The molecule has 6 nitrogen and oxygen atoms in total. The van der Waals surface area contributed by atoms with E-state index >= 15 is 0 Å². The van der Waals surface area contributed by atoms with E-state index < -0.39 is 0 Å². The highest BCUT2D eigenvalue weighted by Gasteiger charge is 2.28.